The summed E-state index contributed by atoms with van der Waals surface area (Å²) in [7, 11) is 1.00. The number of halogens is 3. The van der Waals surface area contributed by atoms with Gasteiger partial charge < -0.3 is 5.11 Å². The number of rotatable bonds is 0. The van der Waals surface area contributed by atoms with Crippen molar-refractivity contribution in [3.05, 3.63) is 0 Å². The monoisotopic (exact) mass is 242 g/mol. The summed E-state index contributed by atoms with van der Waals surface area (Å²) in [5.74, 6) is 0. The fraction of sp³-hybridized carbons (Fsp3) is 1.00. The first-order valence-electron chi connectivity index (χ1n) is 0.447. The fourth-order valence-corrected chi connectivity index (χ4v) is 0. The van der Waals surface area contributed by atoms with Gasteiger partial charge in [-0.25, -0.2) is 0 Å². The molecule has 0 aliphatic rings. The Bertz CT molecular complexity index is 10.8. The maximum absolute atomic E-state index is 7.00. The van der Waals surface area contributed by atoms with E-state index in [0.29, 0.717) is 0 Å². The van der Waals surface area contributed by atoms with Crippen LogP contribution >= 0.6 is 37.2 Å². The van der Waals surface area contributed by atoms with Crippen LogP contribution < -0.4 is 0 Å². The molecule has 0 heterocycles. The van der Waals surface area contributed by atoms with Crippen LogP contribution in [0.1, 0.15) is 0 Å². The van der Waals surface area contributed by atoms with E-state index in [9.17, 15) is 0 Å². The SMILES string of the molecule is CO.Cl.Cl.Cl.[Ru]. The second kappa shape index (κ2) is 90.9. The Hall–Kier alpha value is 1.45. The molecule has 0 fully saturated rings. The van der Waals surface area contributed by atoms with Crippen molar-refractivity contribution in [1.29, 1.82) is 0 Å². The molecule has 1 N–H and O–H groups in total. The van der Waals surface area contributed by atoms with Crippen LogP contribution in [-0.2, 0) is 19.5 Å². The topological polar surface area (TPSA) is 20.2 Å². The summed E-state index contributed by atoms with van der Waals surface area (Å²) in [6, 6.07) is 0. The smallest absolute Gasteiger partial charge is 0.0319 e. The third kappa shape index (κ3) is 51.2. The quantitative estimate of drug-likeness (QED) is 0.625. The van der Waals surface area contributed by atoms with Gasteiger partial charge in [0, 0.05) is 26.6 Å². The van der Waals surface area contributed by atoms with Gasteiger partial charge in [0.05, 0.1) is 0 Å². The van der Waals surface area contributed by atoms with Crippen LogP contribution in [0.2, 0.25) is 0 Å². The van der Waals surface area contributed by atoms with Crippen molar-refractivity contribution in [3.63, 3.8) is 0 Å². The van der Waals surface area contributed by atoms with Crippen molar-refractivity contribution in [2.45, 2.75) is 0 Å². The molecule has 0 aliphatic carbocycles. The molecule has 0 aromatic heterocycles. The molecule has 0 radical (unpaired) electrons. The first-order valence-corrected chi connectivity index (χ1v) is 0.447. The molecular formula is CH7Cl3ORu. The average molecular weight is 242 g/mol. The Morgan fingerprint density at radius 3 is 0.833 bits per heavy atom. The van der Waals surface area contributed by atoms with E-state index in [1.165, 1.54) is 0 Å². The zero-order valence-electron chi connectivity index (χ0n) is 3.03. The third-order valence-electron chi connectivity index (χ3n) is 0. The molecular weight excluding hydrogens is 235 g/mol. The van der Waals surface area contributed by atoms with E-state index in [4.69, 9.17) is 5.11 Å². The van der Waals surface area contributed by atoms with Gasteiger partial charge in [-0.3, -0.25) is 0 Å². The van der Waals surface area contributed by atoms with Crippen molar-refractivity contribution in [1.82, 2.24) is 0 Å². The zero-order chi connectivity index (χ0) is 2.00. The van der Waals surface area contributed by atoms with Gasteiger partial charge in [-0.05, 0) is 0 Å². The second-order valence-corrected chi connectivity index (χ2v) is 0. The van der Waals surface area contributed by atoms with E-state index in [1.54, 1.807) is 0 Å². The molecule has 0 rings (SSSR count). The molecule has 1 nitrogen and oxygen atoms in total. The molecule has 46 valence electrons. The molecule has 0 aromatic carbocycles. The van der Waals surface area contributed by atoms with Crippen LogP contribution in [0.15, 0.2) is 0 Å². The van der Waals surface area contributed by atoms with Crippen molar-refractivity contribution >= 4 is 37.2 Å². The fourth-order valence-electron chi connectivity index (χ4n) is 0. The second-order valence-electron chi connectivity index (χ2n) is 0. The van der Waals surface area contributed by atoms with Crippen LogP contribution in [0.25, 0.3) is 0 Å². The van der Waals surface area contributed by atoms with Crippen LogP contribution in [0.3, 0.4) is 0 Å². The van der Waals surface area contributed by atoms with E-state index in [-0.39, 0.29) is 56.7 Å². The molecule has 0 bridgehead atoms. The molecule has 6 heavy (non-hydrogen) atoms. The summed E-state index contributed by atoms with van der Waals surface area (Å²) < 4.78 is 0. The average Bonchev–Trinajstić information content (AvgIpc) is 1.00. The van der Waals surface area contributed by atoms with Gasteiger partial charge in [0.1, 0.15) is 0 Å². The number of aliphatic hydroxyl groups excluding tert-OH is 1. The summed E-state index contributed by atoms with van der Waals surface area (Å²) in [5, 5.41) is 7.00. The Labute approximate surface area is 68.9 Å². The van der Waals surface area contributed by atoms with Gasteiger partial charge in [0.15, 0.2) is 0 Å². The van der Waals surface area contributed by atoms with Gasteiger partial charge in [0.2, 0.25) is 0 Å². The molecule has 0 atom stereocenters. The summed E-state index contributed by atoms with van der Waals surface area (Å²) in [6.45, 7) is 0. The minimum absolute atomic E-state index is 0. The maximum Gasteiger partial charge on any atom is 0.0319 e. The minimum Gasteiger partial charge on any atom is -0.400 e. The zero-order valence-corrected chi connectivity index (χ0v) is 7.21. The summed E-state index contributed by atoms with van der Waals surface area (Å²) in [6.07, 6.45) is 0. The summed E-state index contributed by atoms with van der Waals surface area (Å²) in [5.41, 5.74) is 0. The van der Waals surface area contributed by atoms with Crippen molar-refractivity contribution < 1.29 is 24.6 Å². The van der Waals surface area contributed by atoms with Crippen LogP contribution in [0.5, 0.6) is 0 Å². The Balaban J connectivity index is -0.000000000833. The molecule has 0 amide bonds. The molecule has 0 saturated carbocycles. The first kappa shape index (κ1) is 51.6. The molecule has 5 heteroatoms. The first-order chi connectivity index (χ1) is 1.00. The summed E-state index contributed by atoms with van der Waals surface area (Å²) in [4.78, 5) is 0. The van der Waals surface area contributed by atoms with Gasteiger partial charge in [-0.1, -0.05) is 0 Å². The van der Waals surface area contributed by atoms with Crippen molar-refractivity contribution in [2.75, 3.05) is 7.11 Å². The van der Waals surface area contributed by atoms with E-state index in [2.05, 4.69) is 0 Å². The van der Waals surface area contributed by atoms with E-state index in [0.717, 1.165) is 7.11 Å². The normalized spacial score (nSPS) is 1.00. The van der Waals surface area contributed by atoms with E-state index in [1.807, 2.05) is 0 Å². The molecule has 0 aliphatic heterocycles. The van der Waals surface area contributed by atoms with Crippen LogP contribution in [0.4, 0.5) is 0 Å². The van der Waals surface area contributed by atoms with E-state index < -0.39 is 0 Å². The van der Waals surface area contributed by atoms with Gasteiger partial charge in [-0.15, -0.1) is 37.2 Å². The minimum atomic E-state index is 0. The Morgan fingerprint density at radius 1 is 0.833 bits per heavy atom. The molecule has 0 spiro atoms. The number of hydrogen-bond acceptors (Lipinski definition) is 1. The van der Waals surface area contributed by atoms with Gasteiger partial charge in [0.25, 0.3) is 0 Å². The Kier molecular flexibility index (Phi) is 781. The number of aliphatic hydroxyl groups is 1. The predicted molar refractivity (Wildman–Crippen MR) is 29.9 cm³/mol. The molecule has 0 aromatic rings. The molecule has 0 saturated heterocycles. The standard InChI is InChI=1S/CH4O.3ClH.Ru/c1-2;;;;/h2H,1H3;3*1H;. The number of hydrogen-bond donors (Lipinski definition) is 1. The largest absolute Gasteiger partial charge is 0.400 e. The van der Waals surface area contributed by atoms with Crippen LogP contribution in [0, 0.1) is 0 Å². The van der Waals surface area contributed by atoms with Gasteiger partial charge >= 0.3 is 0 Å². The van der Waals surface area contributed by atoms with Crippen molar-refractivity contribution in [2.24, 2.45) is 0 Å². The van der Waals surface area contributed by atoms with Gasteiger partial charge in [-0.2, -0.15) is 0 Å². The predicted octanol–water partition coefficient (Wildman–Crippen LogP) is 0.871. The molecule has 0 unspecified atom stereocenters. The van der Waals surface area contributed by atoms with Crippen molar-refractivity contribution in [3.8, 4) is 0 Å². The van der Waals surface area contributed by atoms with E-state index >= 15 is 0 Å². The third-order valence-corrected chi connectivity index (χ3v) is 0. The Morgan fingerprint density at radius 2 is 0.833 bits per heavy atom. The van der Waals surface area contributed by atoms with Crippen LogP contribution in [-0.4, -0.2) is 12.2 Å². The maximum atomic E-state index is 7.00. The summed E-state index contributed by atoms with van der Waals surface area (Å²) >= 11 is 0.